The number of hydrogen-bond donors (Lipinski definition) is 1. The van der Waals surface area contributed by atoms with Gasteiger partial charge in [-0.15, -0.1) is 0 Å². The molecule has 2 aromatic rings. The van der Waals surface area contributed by atoms with Crippen LogP contribution in [0.5, 0.6) is 0 Å². The van der Waals surface area contributed by atoms with Gasteiger partial charge >= 0.3 is 0 Å². The maximum atomic E-state index is 13.3. The average Bonchev–Trinajstić information content (AvgIpc) is 2.30. The summed E-state index contributed by atoms with van der Waals surface area (Å²) in [5, 5.41) is 0.532. The molecule has 0 unspecified atom stereocenters. The summed E-state index contributed by atoms with van der Waals surface area (Å²) in [6.07, 6.45) is 0. The fourth-order valence-electron chi connectivity index (χ4n) is 2.26. The monoisotopic (exact) mass is 327 g/mol. The van der Waals surface area contributed by atoms with Crippen LogP contribution in [-0.4, -0.2) is 8.42 Å². The minimum absolute atomic E-state index is 0.0956. The maximum Gasteiger partial charge on any atom is 0.262 e. The number of sulfonamides is 1. The highest BCUT2D eigenvalue weighted by atomic mass is 35.5. The Kier molecular flexibility index (Phi) is 4.25. The molecule has 0 saturated carbocycles. The van der Waals surface area contributed by atoms with Gasteiger partial charge in [-0.3, -0.25) is 4.72 Å². The molecule has 2 rings (SSSR count). The molecule has 6 heteroatoms. The van der Waals surface area contributed by atoms with E-state index in [1.165, 1.54) is 12.1 Å². The van der Waals surface area contributed by atoms with Crippen LogP contribution in [0.15, 0.2) is 35.2 Å². The van der Waals surface area contributed by atoms with Crippen LogP contribution < -0.4 is 4.72 Å². The van der Waals surface area contributed by atoms with Gasteiger partial charge in [0.15, 0.2) is 0 Å². The molecule has 0 aliphatic heterocycles. The second kappa shape index (κ2) is 5.66. The van der Waals surface area contributed by atoms with Crippen molar-refractivity contribution in [3.8, 4) is 0 Å². The van der Waals surface area contributed by atoms with Gasteiger partial charge in [-0.25, -0.2) is 12.8 Å². The summed E-state index contributed by atoms with van der Waals surface area (Å²) in [7, 11) is -3.79. The van der Waals surface area contributed by atoms with Gasteiger partial charge < -0.3 is 0 Å². The Morgan fingerprint density at radius 2 is 1.57 bits per heavy atom. The Labute approximate surface area is 128 Å². The van der Waals surface area contributed by atoms with Crippen molar-refractivity contribution < 1.29 is 12.8 Å². The van der Waals surface area contributed by atoms with E-state index in [4.69, 9.17) is 11.6 Å². The van der Waals surface area contributed by atoms with Gasteiger partial charge in [0.25, 0.3) is 10.0 Å². The zero-order valence-corrected chi connectivity index (χ0v) is 13.4. The molecule has 0 spiro atoms. The van der Waals surface area contributed by atoms with Crippen LogP contribution in [0.2, 0.25) is 5.02 Å². The summed E-state index contributed by atoms with van der Waals surface area (Å²) in [6.45, 7) is 4.90. The van der Waals surface area contributed by atoms with Gasteiger partial charge in [0, 0.05) is 5.02 Å². The van der Waals surface area contributed by atoms with Crippen molar-refractivity contribution in [3.05, 3.63) is 57.9 Å². The lowest BCUT2D eigenvalue weighted by atomic mass is 10.1. The van der Waals surface area contributed by atoms with Crippen LogP contribution in [0.25, 0.3) is 0 Å². The maximum absolute atomic E-state index is 13.3. The third kappa shape index (κ3) is 3.36. The number of rotatable bonds is 3. The molecule has 21 heavy (non-hydrogen) atoms. The van der Waals surface area contributed by atoms with Crippen LogP contribution in [0, 0.1) is 26.6 Å². The predicted molar refractivity (Wildman–Crippen MR) is 82.9 cm³/mol. The number of nitrogens with one attached hydrogen (secondary N) is 1. The first-order valence-electron chi connectivity index (χ1n) is 6.26. The van der Waals surface area contributed by atoms with E-state index in [-0.39, 0.29) is 4.90 Å². The highest BCUT2D eigenvalue weighted by molar-refractivity contribution is 7.92. The second-order valence-electron chi connectivity index (χ2n) is 4.93. The molecule has 3 nitrogen and oxygen atoms in total. The molecule has 0 atom stereocenters. The van der Waals surface area contributed by atoms with Crippen molar-refractivity contribution in [1.29, 1.82) is 0 Å². The Morgan fingerprint density at radius 1 is 1.00 bits per heavy atom. The first-order valence-corrected chi connectivity index (χ1v) is 8.12. The van der Waals surface area contributed by atoms with Crippen molar-refractivity contribution in [2.75, 3.05) is 4.72 Å². The van der Waals surface area contributed by atoms with Crippen molar-refractivity contribution in [2.45, 2.75) is 25.7 Å². The largest absolute Gasteiger partial charge is 0.279 e. The van der Waals surface area contributed by atoms with Gasteiger partial charge in [-0.05, 0) is 67.8 Å². The van der Waals surface area contributed by atoms with Gasteiger partial charge in [0.1, 0.15) is 5.82 Å². The minimum Gasteiger partial charge on any atom is -0.279 e. The number of halogens is 2. The third-order valence-corrected chi connectivity index (χ3v) is 5.03. The second-order valence-corrected chi connectivity index (χ2v) is 6.99. The van der Waals surface area contributed by atoms with E-state index in [1.54, 1.807) is 39.0 Å². The molecule has 0 radical (unpaired) electrons. The molecule has 2 aromatic carbocycles. The molecule has 1 N–H and O–H groups in total. The van der Waals surface area contributed by atoms with Crippen molar-refractivity contribution in [2.24, 2.45) is 0 Å². The van der Waals surface area contributed by atoms with Crippen molar-refractivity contribution in [3.63, 3.8) is 0 Å². The topological polar surface area (TPSA) is 46.2 Å². The highest BCUT2D eigenvalue weighted by Gasteiger charge is 2.21. The molecule has 0 aromatic heterocycles. The third-order valence-electron chi connectivity index (χ3n) is 3.13. The Morgan fingerprint density at radius 3 is 2.10 bits per heavy atom. The molecule has 0 aliphatic carbocycles. The smallest absolute Gasteiger partial charge is 0.262 e. The van der Waals surface area contributed by atoms with Gasteiger partial charge in [-0.1, -0.05) is 11.6 Å². The van der Waals surface area contributed by atoms with E-state index in [9.17, 15) is 12.8 Å². The van der Waals surface area contributed by atoms with Crippen LogP contribution in [0.1, 0.15) is 16.7 Å². The molecule has 112 valence electrons. The number of hydrogen-bond acceptors (Lipinski definition) is 2. The molecule has 0 saturated heterocycles. The first-order chi connectivity index (χ1) is 9.70. The molecule has 0 bridgehead atoms. The fraction of sp³-hybridized carbons (Fsp3) is 0.200. The molecule has 0 aliphatic rings. The van der Waals surface area contributed by atoms with Gasteiger partial charge in [-0.2, -0.15) is 0 Å². The molecule has 0 fully saturated rings. The van der Waals surface area contributed by atoms with E-state index < -0.39 is 15.8 Å². The normalized spacial score (nSPS) is 11.5. The molecular formula is C15H15ClFNO2S. The van der Waals surface area contributed by atoms with Gasteiger partial charge in [0.05, 0.1) is 10.6 Å². The Balaban J connectivity index is 2.48. The van der Waals surface area contributed by atoms with Crippen LogP contribution >= 0.6 is 11.6 Å². The number of anilines is 1. The number of aryl methyl sites for hydroxylation is 3. The summed E-state index contributed by atoms with van der Waals surface area (Å²) >= 11 is 5.85. The molecule has 0 heterocycles. The van der Waals surface area contributed by atoms with Gasteiger partial charge in [0.2, 0.25) is 0 Å². The van der Waals surface area contributed by atoms with E-state index in [0.717, 1.165) is 0 Å². The molecular weight excluding hydrogens is 313 g/mol. The first kappa shape index (κ1) is 15.8. The lowest BCUT2D eigenvalue weighted by molar-refractivity contribution is 0.597. The summed E-state index contributed by atoms with van der Waals surface area (Å²) in [6, 6.07) is 7.29. The lowest BCUT2D eigenvalue weighted by Gasteiger charge is -2.14. The lowest BCUT2D eigenvalue weighted by Crippen LogP contribution is -2.16. The van der Waals surface area contributed by atoms with Crippen molar-refractivity contribution >= 4 is 27.3 Å². The van der Waals surface area contributed by atoms with Crippen LogP contribution in [0.4, 0.5) is 10.1 Å². The average molecular weight is 328 g/mol. The number of benzene rings is 2. The van der Waals surface area contributed by atoms with Crippen LogP contribution in [-0.2, 0) is 10.0 Å². The minimum atomic E-state index is -3.79. The standard InChI is InChI=1S/C15H15ClFNO2S/c1-9-6-12(16)4-5-14(9)18-21(19,20)15-10(2)7-13(17)8-11(15)3/h4-8,18H,1-3H3. The Bertz CT molecular complexity index is 780. The van der Waals surface area contributed by atoms with E-state index in [2.05, 4.69) is 4.72 Å². The highest BCUT2D eigenvalue weighted by Crippen LogP contribution is 2.26. The zero-order valence-electron chi connectivity index (χ0n) is 11.9. The predicted octanol–water partition coefficient (Wildman–Crippen LogP) is 4.21. The fourth-order valence-corrected chi connectivity index (χ4v) is 4.07. The summed E-state index contributed by atoms with van der Waals surface area (Å²) in [5.74, 6) is -0.452. The van der Waals surface area contributed by atoms with E-state index in [1.807, 2.05) is 0 Å². The SMILES string of the molecule is Cc1cc(Cl)ccc1NS(=O)(=O)c1c(C)cc(F)cc1C. The summed E-state index contributed by atoms with van der Waals surface area (Å²) in [4.78, 5) is 0.0956. The van der Waals surface area contributed by atoms with E-state index in [0.29, 0.717) is 27.4 Å². The molecule has 0 amide bonds. The zero-order chi connectivity index (χ0) is 15.8. The van der Waals surface area contributed by atoms with E-state index >= 15 is 0 Å². The van der Waals surface area contributed by atoms with Crippen molar-refractivity contribution in [1.82, 2.24) is 0 Å². The quantitative estimate of drug-likeness (QED) is 0.918. The summed E-state index contributed by atoms with van der Waals surface area (Å²) < 4.78 is 40.9. The Hall–Kier alpha value is -1.59. The van der Waals surface area contributed by atoms with Crippen LogP contribution in [0.3, 0.4) is 0 Å². The summed E-state index contributed by atoms with van der Waals surface area (Å²) in [5.41, 5.74) is 1.89.